The summed E-state index contributed by atoms with van der Waals surface area (Å²) in [6.45, 7) is 2.35. The molecule has 3 aromatic carbocycles. The Morgan fingerprint density at radius 2 is 1.70 bits per heavy atom. The Bertz CT molecular complexity index is 1050. The highest BCUT2D eigenvalue weighted by Gasteiger charge is 2.17. The highest BCUT2D eigenvalue weighted by atomic mass is 79.9. The van der Waals surface area contributed by atoms with E-state index in [2.05, 4.69) is 21.2 Å². The lowest BCUT2D eigenvalue weighted by Crippen LogP contribution is -2.17. The Kier molecular flexibility index (Phi) is 7.25. The summed E-state index contributed by atoms with van der Waals surface area (Å²) in [5.41, 5.74) is 3.81. The fraction of sp³-hybridized carbons (Fsp3) is 0.167. The monoisotopic (exact) mass is 467 g/mol. The zero-order chi connectivity index (χ0) is 21.5. The lowest BCUT2D eigenvalue weighted by Gasteiger charge is -2.14. The fourth-order valence-corrected chi connectivity index (χ4v) is 3.19. The number of carbonyl (C=O) groups excluding carboxylic acids is 2. The largest absolute Gasteiger partial charge is 0.493 e. The van der Waals surface area contributed by atoms with Gasteiger partial charge in [0, 0.05) is 10.9 Å². The quantitative estimate of drug-likeness (QED) is 0.369. The molecule has 0 aliphatic heterocycles. The third kappa shape index (κ3) is 5.07. The van der Waals surface area contributed by atoms with Crippen LogP contribution in [-0.4, -0.2) is 30.9 Å². The molecule has 3 rings (SSSR count). The van der Waals surface area contributed by atoms with E-state index in [1.165, 1.54) is 7.11 Å². The van der Waals surface area contributed by atoms with Crippen molar-refractivity contribution in [2.45, 2.75) is 6.92 Å². The topological polar surface area (TPSA) is 64.6 Å². The molecule has 0 aliphatic carbocycles. The van der Waals surface area contributed by atoms with E-state index in [0.717, 1.165) is 16.7 Å². The predicted molar refractivity (Wildman–Crippen MR) is 122 cm³/mol. The minimum absolute atomic E-state index is 0.287. The van der Waals surface area contributed by atoms with Gasteiger partial charge in [-0.2, -0.15) is 0 Å². The van der Waals surface area contributed by atoms with Gasteiger partial charge in [0.15, 0.2) is 0 Å². The van der Waals surface area contributed by atoms with Gasteiger partial charge in [0.25, 0.3) is 5.91 Å². The molecule has 0 unspecified atom stereocenters. The summed E-state index contributed by atoms with van der Waals surface area (Å²) >= 11 is 3.32. The summed E-state index contributed by atoms with van der Waals surface area (Å²) in [6.07, 6.45) is 0. The minimum Gasteiger partial charge on any atom is -0.493 e. The molecule has 0 aromatic heterocycles. The molecule has 0 spiro atoms. The fourth-order valence-electron chi connectivity index (χ4n) is 3.03. The van der Waals surface area contributed by atoms with Crippen LogP contribution in [0.15, 0.2) is 66.7 Å². The molecule has 0 bridgehead atoms. The molecular weight excluding hydrogens is 446 g/mol. The van der Waals surface area contributed by atoms with E-state index in [1.54, 1.807) is 18.2 Å². The molecule has 5 nitrogen and oxygen atoms in total. The molecule has 0 heterocycles. The molecule has 154 valence electrons. The maximum atomic E-state index is 13.0. The number of rotatable bonds is 7. The molecule has 3 aromatic rings. The van der Waals surface area contributed by atoms with Crippen LogP contribution in [0.1, 0.15) is 26.3 Å². The van der Waals surface area contributed by atoms with Gasteiger partial charge in [-0.05, 0) is 47.9 Å². The molecule has 0 saturated carbocycles. The number of anilines is 1. The van der Waals surface area contributed by atoms with Gasteiger partial charge < -0.3 is 14.8 Å². The standard InChI is InChI=1S/C24H22BrNO4/c1-16-8-10-19(30-13-12-25)15-21(16)23(27)26-22-14-18(17-6-4-3-5-7-17)9-11-20(22)24(28)29-2/h3-11,14-15H,12-13H2,1-2H3,(H,26,27). The number of benzene rings is 3. The van der Waals surface area contributed by atoms with Crippen molar-refractivity contribution in [1.82, 2.24) is 0 Å². The molecule has 30 heavy (non-hydrogen) atoms. The number of esters is 1. The van der Waals surface area contributed by atoms with Crippen LogP contribution in [0.5, 0.6) is 5.75 Å². The van der Waals surface area contributed by atoms with Gasteiger partial charge in [-0.25, -0.2) is 4.79 Å². The molecule has 0 saturated heterocycles. The van der Waals surface area contributed by atoms with Crippen LogP contribution < -0.4 is 10.1 Å². The van der Waals surface area contributed by atoms with Gasteiger partial charge in [-0.1, -0.05) is 58.4 Å². The van der Waals surface area contributed by atoms with Crippen molar-refractivity contribution in [2.24, 2.45) is 0 Å². The van der Waals surface area contributed by atoms with Crippen LogP contribution >= 0.6 is 15.9 Å². The molecule has 6 heteroatoms. The Morgan fingerprint density at radius 1 is 0.933 bits per heavy atom. The van der Waals surface area contributed by atoms with Crippen molar-refractivity contribution in [2.75, 3.05) is 24.4 Å². The second kappa shape index (κ2) is 10.1. The van der Waals surface area contributed by atoms with Crippen LogP contribution in [0, 0.1) is 6.92 Å². The Labute approximate surface area is 184 Å². The highest BCUT2D eigenvalue weighted by molar-refractivity contribution is 9.09. The Balaban J connectivity index is 1.96. The van der Waals surface area contributed by atoms with Crippen molar-refractivity contribution in [1.29, 1.82) is 0 Å². The van der Waals surface area contributed by atoms with Gasteiger partial charge in [0.1, 0.15) is 5.75 Å². The van der Waals surface area contributed by atoms with Gasteiger partial charge in [-0.15, -0.1) is 0 Å². The smallest absolute Gasteiger partial charge is 0.339 e. The van der Waals surface area contributed by atoms with Crippen molar-refractivity contribution in [3.63, 3.8) is 0 Å². The van der Waals surface area contributed by atoms with E-state index < -0.39 is 5.97 Å². The molecule has 0 atom stereocenters. The number of halogens is 1. The van der Waals surface area contributed by atoms with Crippen molar-refractivity contribution in [3.05, 3.63) is 83.4 Å². The van der Waals surface area contributed by atoms with Gasteiger partial charge in [-0.3, -0.25) is 4.79 Å². The minimum atomic E-state index is -0.518. The van der Waals surface area contributed by atoms with Crippen molar-refractivity contribution >= 4 is 33.5 Å². The van der Waals surface area contributed by atoms with Crippen LogP contribution in [-0.2, 0) is 4.74 Å². The Hall–Kier alpha value is -3.12. The van der Waals surface area contributed by atoms with Crippen molar-refractivity contribution in [3.8, 4) is 16.9 Å². The van der Waals surface area contributed by atoms with Crippen LogP contribution in [0.2, 0.25) is 0 Å². The van der Waals surface area contributed by atoms with Gasteiger partial charge >= 0.3 is 5.97 Å². The molecule has 0 fully saturated rings. The number of methoxy groups -OCH3 is 1. The number of amides is 1. The van der Waals surface area contributed by atoms with Crippen molar-refractivity contribution < 1.29 is 19.1 Å². The number of carbonyl (C=O) groups is 2. The van der Waals surface area contributed by atoms with Crippen LogP contribution in [0.4, 0.5) is 5.69 Å². The van der Waals surface area contributed by atoms with E-state index >= 15 is 0 Å². The maximum Gasteiger partial charge on any atom is 0.339 e. The predicted octanol–water partition coefficient (Wildman–Crippen LogP) is 5.47. The van der Waals surface area contributed by atoms with E-state index in [0.29, 0.717) is 28.9 Å². The molecular formula is C24H22BrNO4. The normalized spacial score (nSPS) is 10.4. The second-order valence-electron chi connectivity index (χ2n) is 6.59. The van der Waals surface area contributed by atoms with E-state index in [-0.39, 0.29) is 11.5 Å². The molecule has 0 radical (unpaired) electrons. The third-order valence-electron chi connectivity index (χ3n) is 4.58. The number of alkyl halides is 1. The first kappa shape index (κ1) is 21.6. The van der Waals surface area contributed by atoms with Gasteiger partial charge in [0.05, 0.1) is 25.0 Å². The number of ether oxygens (including phenoxy) is 2. The lowest BCUT2D eigenvalue weighted by molar-refractivity contribution is 0.0602. The summed E-state index contributed by atoms with van der Waals surface area (Å²) < 4.78 is 10.5. The third-order valence-corrected chi connectivity index (χ3v) is 4.90. The number of nitrogens with one attached hydrogen (secondary N) is 1. The zero-order valence-corrected chi connectivity index (χ0v) is 18.4. The van der Waals surface area contributed by atoms with Crippen LogP contribution in [0.25, 0.3) is 11.1 Å². The lowest BCUT2D eigenvalue weighted by atomic mass is 10.0. The SMILES string of the molecule is COC(=O)c1ccc(-c2ccccc2)cc1NC(=O)c1cc(OCCBr)ccc1C. The number of hydrogen-bond acceptors (Lipinski definition) is 4. The summed E-state index contributed by atoms with van der Waals surface area (Å²) in [4.78, 5) is 25.3. The second-order valence-corrected chi connectivity index (χ2v) is 7.38. The first-order valence-corrected chi connectivity index (χ1v) is 10.5. The number of aryl methyl sites for hydroxylation is 1. The first-order valence-electron chi connectivity index (χ1n) is 9.42. The van der Waals surface area contributed by atoms with Gasteiger partial charge in [0.2, 0.25) is 0 Å². The summed E-state index contributed by atoms with van der Waals surface area (Å²) in [7, 11) is 1.31. The molecule has 0 aliphatic rings. The first-order chi connectivity index (χ1) is 14.5. The zero-order valence-electron chi connectivity index (χ0n) is 16.8. The average Bonchev–Trinajstić information content (AvgIpc) is 2.78. The average molecular weight is 468 g/mol. The summed E-state index contributed by atoms with van der Waals surface area (Å²) in [6, 6.07) is 20.4. The molecule has 1 amide bonds. The van der Waals surface area contributed by atoms with Crippen LogP contribution in [0.3, 0.4) is 0 Å². The number of hydrogen-bond donors (Lipinski definition) is 1. The summed E-state index contributed by atoms with van der Waals surface area (Å²) in [5, 5.41) is 3.56. The summed E-state index contributed by atoms with van der Waals surface area (Å²) in [5.74, 6) is -0.236. The van der Waals surface area contributed by atoms with E-state index in [4.69, 9.17) is 9.47 Å². The molecule has 1 N–H and O–H groups in total. The highest BCUT2D eigenvalue weighted by Crippen LogP contribution is 2.27. The maximum absolute atomic E-state index is 13.0. The van der Waals surface area contributed by atoms with E-state index in [9.17, 15) is 9.59 Å². The Morgan fingerprint density at radius 3 is 2.40 bits per heavy atom. The van der Waals surface area contributed by atoms with E-state index in [1.807, 2.05) is 55.5 Å².